The highest BCUT2D eigenvalue weighted by molar-refractivity contribution is 7.99. The largest absolute Gasteiger partial charge is 0.367 e. The number of thioether (sulfide) groups is 1. The summed E-state index contributed by atoms with van der Waals surface area (Å²) < 4.78 is 0. The Labute approximate surface area is 111 Å². The fourth-order valence-corrected chi connectivity index (χ4v) is 3.17. The predicted molar refractivity (Wildman–Crippen MR) is 74.1 cm³/mol. The molecule has 0 aromatic carbocycles. The van der Waals surface area contributed by atoms with Crippen molar-refractivity contribution in [1.82, 2.24) is 10.3 Å². The molecule has 1 aromatic rings. The van der Waals surface area contributed by atoms with Crippen LogP contribution < -0.4 is 10.7 Å². The van der Waals surface area contributed by atoms with Gasteiger partial charge in [0.15, 0.2) is 5.43 Å². The Hall–Kier alpha value is -1.23. The molecule has 0 saturated heterocycles. The highest BCUT2D eigenvalue weighted by atomic mass is 32.2. The molecule has 1 aromatic heterocycles. The third kappa shape index (κ3) is 3.16. The van der Waals surface area contributed by atoms with E-state index in [1.807, 2.05) is 11.8 Å². The van der Waals surface area contributed by atoms with Crippen molar-refractivity contribution in [3.8, 4) is 0 Å². The number of hydrogen-bond donors (Lipinski definition) is 2. The van der Waals surface area contributed by atoms with Crippen molar-refractivity contribution in [3.05, 3.63) is 34.2 Å². The molecule has 2 rings (SSSR count). The molecule has 0 spiro atoms. The van der Waals surface area contributed by atoms with E-state index in [1.54, 1.807) is 0 Å². The van der Waals surface area contributed by atoms with E-state index in [1.165, 1.54) is 24.9 Å². The highest BCUT2D eigenvalue weighted by Gasteiger charge is 2.23. The zero-order valence-electron chi connectivity index (χ0n) is 10.4. The Morgan fingerprint density at radius 3 is 3.06 bits per heavy atom. The Morgan fingerprint density at radius 1 is 1.50 bits per heavy atom. The summed E-state index contributed by atoms with van der Waals surface area (Å²) in [6, 6.07) is 1.57. The number of carbonyl (C=O) groups excluding carboxylic acids is 1. The molecular weight excluding hydrogens is 248 g/mol. The predicted octanol–water partition coefficient (Wildman–Crippen LogP) is 1.78. The van der Waals surface area contributed by atoms with Crippen molar-refractivity contribution in [1.29, 1.82) is 0 Å². The van der Waals surface area contributed by atoms with Crippen LogP contribution in [0.4, 0.5) is 0 Å². The molecule has 5 heteroatoms. The summed E-state index contributed by atoms with van der Waals surface area (Å²) >= 11 is 1.86. The minimum atomic E-state index is -0.261. The maximum absolute atomic E-state index is 12.0. The molecule has 0 bridgehead atoms. The number of amides is 1. The number of rotatable bonds is 3. The van der Waals surface area contributed by atoms with Crippen molar-refractivity contribution in [2.75, 3.05) is 6.26 Å². The minimum Gasteiger partial charge on any atom is -0.367 e. The monoisotopic (exact) mass is 266 g/mol. The van der Waals surface area contributed by atoms with Gasteiger partial charge >= 0.3 is 0 Å². The van der Waals surface area contributed by atoms with Crippen LogP contribution in [0.1, 0.15) is 36.0 Å². The van der Waals surface area contributed by atoms with Crippen LogP contribution in [0, 0.1) is 0 Å². The van der Waals surface area contributed by atoms with Gasteiger partial charge in [-0.05, 0) is 25.5 Å². The van der Waals surface area contributed by atoms with E-state index in [-0.39, 0.29) is 22.9 Å². The van der Waals surface area contributed by atoms with E-state index in [0.717, 1.165) is 19.3 Å². The van der Waals surface area contributed by atoms with E-state index >= 15 is 0 Å². The van der Waals surface area contributed by atoms with Crippen LogP contribution in [-0.4, -0.2) is 28.4 Å². The lowest BCUT2D eigenvalue weighted by Gasteiger charge is -2.28. The van der Waals surface area contributed by atoms with Gasteiger partial charge in [0.05, 0.1) is 0 Å². The Morgan fingerprint density at radius 2 is 2.33 bits per heavy atom. The number of aromatic nitrogens is 1. The summed E-state index contributed by atoms with van der Waals surface area (Å²) in [5, 5.41) is 3.59. The average molecular weight is 266 g/mol. The number of aromatic amines is 1. The van der Waals surface area contributed by atoms with Crippen LogP contribution >= 0.6 is 11.8 Å². The van der Waals surface area contributed by atoms with Gasteiger partial charge in [0.25, 0.3) is 5.91 Å². The van der Waals surface area contributed by atoms with Crippen molar-refractivity contribution < 1.29 is 4.79 Å². The lowest BCUT2D eigenvalue weighted by atomic mass is 9.95. The van der Waals surface area contributed by atoms with E-state index in [0.29, 0.717) is 5.25 Å². The molecule has 1 aliphatic rings. The molecule has 2 N–H and O–H groups in total. The number of hydrogen-bond acceptors (Lipinski definition) is 3. The van der Waals surface area contributed by atoms with E-state index in [4.69, 9.17) is 0 Å². The van der Waals surface area contributed by atoms with Crippen molar-refractivity contribution >= 4 is 17.7 Å². The topological polar surface area (TPSA) is 62.0 Å². The first-order valence-corrected chi connectivity index (χ1v) is 7.50. The van der Waals surface area contributed by atoms with Gasteiger partial charge in [-0.15, -0.1) is 0 Å². The van der Waals surface area contributed by atoms with Gasteiger partial charge in [0.2, 0.25) is 0 Å². The quantitative estimate of drug-likeness (QED) is 0.876. The van der Waals surface area contributed by atoms with Crippen molar-refractivity contribution in [2.45, 2.75) is 37.0 Å². The van der Waals surface area contributed by atoms with E-state index in [9.17, 15) is 9.59 Å². The standard InChI is InChI=1S/C13H18N2O2S/c1-18-10-4-2-3-9(7-10)15-13(17)11-8-14-6-5-12(11)16/h5-6,8-10H,2-4,7H2,1H3,(H,14,16)(H,15,17). The number of nitrogens with one attached hydrogen (secondary N) is 2. The van der Waals surface area contributed by atoms with Crippen LogP contribution in [-0.2, 0) is 0 Å². The summed E-state index contributed by atoms with van der Waals surface area (Å²) in [4.78, 5) is 26.3. The van der Waals surface area contributed by atoms with Gasteiger partial charge in [-0.1, -0.05) is 6.42 Å². The maximum atomic E-state index is 12.0. The molecule has 1 fully saturated rings. The third-order valence-corrected chi connectivity index (χ3v) is 4.46. The summed E-state index contributed by atoms with van der Waals surface area (Å²) in [6.07, 6.45) is 9.47. The molecule has 2 atom stereocenters. The molecule has 4 nitrogen and oxygen atoms in total. The second-order valence-electron chi connectivity index (χ2n) is 4.62. The normalized spacial score (nSPS) is 23.6. The van der Waals surface area contributed by atoms with Gasteiger partial charge in [0, 0.05) is 29.8 Å². The zero-order valence-corrected chi connectivity index (χ0v) is 11.3. The molecule has 1 saturated carbocycles. The summed E-state index contributed by atoms with van der Waals surface area (Å²) in [7, 11) is 0. The molecule has 1 amide bonds. The maximum Gasteiger partial charge on any atom is 0.256 e. The van der Waals surface area contributed by atoms with Gasteiger partial charge in [-0.3, -0.25) is 9.59 Å². The van der Waals surface area contributed by atoms with Crippen molar-refractivity contribution in [3.63, 3.8) is 0 Å². The molecule has 18 heavy (non-hydrogen) atoms. The lowest BCUT2D eigenvalue weighted by Crippen LogP contribution is -2.40. The lowest BCUT2D eigenvalue weighted by molar-refractivity contribution is 0.0927. The first-order chi connectivity index (χ1) is 8.70. The van der Waals surface area contributed by atoms with Crippen LogP contribution in [0.3, 0.4) is 0 Å². The Bertz CT molecular complexity index is 472. The van der Waals surface area contributed by atoms with E-state index < -0.39 is 0 Å². The molecule has 0 aliphatic heterocycles. The fraction of sp³-hybridized carbons (Fsp3) is 0.538. The summed E-state index contributed by atoms with van der Waals surface area (Å²) in [5.74, 6) is -0.261. The fourth-order valence-electron chi connectivity index (χ4n) is 2.35. The zero-order chi connectivity index (χ0) is 13.0. The summed E-state index contributed by atoms with van der Waals surface area (Å²) in [6.45, 7) is 0. The van der Waals surface area contributed by atoms with Gasteiger partial charge in [0.1, 0.15) is 5.56 Å². The van der Waals surface area contributed by atoms with Gasteiger partial charge in [-0.2, -0.15) is 11.8 Å². The molecular formula is C13H18N2O2S. The van der Waals surface area contributed by atoms with Crippen LogP contribution in [0.25, 0.3) is 0 Å². The molecule has 2 unspecified atom stereocenters. The first kappa shape index (κ1) is 13.2. The number of H-pyrrole nitrogens is 1. The smallest absolute Gasteiger partial charge is 0.256 e. The van der Waals surface area contributed by atoms with Crippen LogP contribution in [0.2, 0.25) is 0 Å². The summed E-state index contributed by atoms with van der Waals surface area (Å²) in [5.41, 5.74) is -0.0350. The molecule has 1 aliphatic carbocycles. The van der Waals surface area contributed by atoms with Gasteiger partial charge in [-0.25, -0.2) is 0 Å². The Balaban J connectivity index is 1.99. The number of pyridine rings is 1. The first-order valence-electron chi connectivity index (χ1n) is 6.21. The SMILES string of the molecule is CSC1CCCC(NC(=O)c2c[nH]ccc2=O)C1. The molecule has 98 valence electrons. The third-order valence-electron chi connectivity index (χ3n) is 3.36. The highest BCUT2D eigenvalue weighted by Crippen LogP contribution is 2.26. The Kier molecular flexibility index (Phi) is 4.47. The molecule has 0 radical (unpaired) electrons. The molecule has 1 heterocycles. The van der Waals surface area contributed by atoms with E-state index in [2.05, 4.69) is 16.6 Å². The minimum absolute atomic E-state index is 0.198. The second kappa shape index (κ2) is 6.09. The number of carbonyl (C=O) groups is 1. The van der Waals surface area contributed by atoms with Gasteiger partial charge < -0.3 is 10.3 Å². The average Bonchev–Trinajstić information content (AvgIpc) is 2.39. The van der Waals surface area contributed by atoms with Crippen molar-refractivity contribution in [2.24, 2.45) is 0 Å². The van der Waals surface area contributed by atoms with Crippen LogP contribution in [0.15, 0.2) is 23.3 Å². The second-order valence-corrected chi connectivity index (χ2v) is 5.76. The van der Waals surface area contributed by atoms with Crippen LogP contribution in [0.5, 0.6) is 0 Å².